The molecule has 5 heteroatoms. The molecule has 0 aliphatic heterocycles. The maximum Gasteiger partial charge on any atom is 0.116 e. The minimum Gasteiger partial charge on any atom is -0.330 e. The molecule has 2 heterocycles. The van der Waals surface area contributed by atoms with Crippen molar-refractivity contribution < 1.29 is 0 Å². The molecule has 1 atom stereocenters. The number of thiazole rings is 1. The zero-order valence-electron chi connectivity index (χ0n) is 12.2. The molecule has 4 nitrogen and oxygen atoms in total. The Balaban J connectivity index is 2.40. The SMILES string of the molecule is Cc1csc(C(NC(C)C)c2cncn2C(C)C)n1. The first-order valence-electron chi connectivity index (χ1n) is 6.68. The summed E-state index contributed by atoms with van der Waals surface area (Å²) in [5.41, 5.74) is 2.25. The largest absolute Gasteiger partial charge is 0.330 e. The highest BCUT2D eigenvalue weighted by molar-refractivity contribution is 7.09. The minimum atomic E-state index is 0.114. The van der Waals surface area contributed by atoms with Crippen LogP contribution in [0.25, 0.3) is 0 Å². The first-order chi connectivity index (χ1) is 8.99. The van der Waals surface area contributed by atoms with Crippen molar-refractivity contribution in [2.75, 3.05) is 0 Å². The van der Waals surface area contributed by atoms with Crippen LogP contribution in [0, 0.1) is 6.92 Å². The quantitative estimate of drug-likeness (QED) is 0.912. The highest BCUT2D eigenvalue weighted by atomic mass is 32.1. The molecule has 0 aromatic carbocycles. The van der Waals surface area contributed by atoms with Crippen LogP contribution in [-0.4, -0.2) is 20.6 Å². The Bertz CT molecular complexity index is 527. The van der Waals surface area contributed by atoms with Crippen molar-refractivity contribution in [1.82, 2.24) is 19.9 Å². The molecule has 0 aliphatic carbocycles. The van der Waals surface area contributed by atoms with Crippen molar-refractivity contribution in [2.45, 2.75) is 52.7 Å². The average Bonchev–Trinajstić information content (AvgIpc) is 2.93. The lowest BCUT2D eigenvalue weighted by Gasteiger charge is -2.22. The van der Waals surface area contributed by atoms with Gasteiger partial charge in [-0.25, -0.2) is 9.97 Å². The number of nitrogens with one attached hydrogen (secondary N) is 1. The van der Waals surface area contributed by atoms with Gasteiger partial charge in [-0.1, -0.05) is 0 Å². The summed E-state index contributed by atoms with van der Waals surface area (Å²) in [6.45, 7) is 10.7. The van der Waals surface area contributed by atoms with Crippen molar-refractivity contribution in [1.29, 1.82) is 0 Å². The lowest BCUT2D eigenvalue weighted by atomic mass is 10.2. The van der Waals surface area contributed by atoms with Gasteiger partial charge in [0.1, 0.15) is 11.0 Å². The molecule has 0 fully saturated rings. The highest BCUT2D eigenvalue weighted by Crippen LogP contribution is 2.27. The van der Waals surface area contributed by atoms with E-state index >= 15 is 0 Å². The summed E-state index contributed by atoms with van der Waals surface area (Å²) in [5.74, 6) is 0. The molecule has 2 rings (SSSR count). The number of nitrogens with zero attached hydrogens (tertiary/aromatic N) is 3. The lowest BCUT2D eigenvalue weighted by Crippen LogP contribution is -2.30. The van der Waals surface area contributed by atoms with E-state index < -0.39 is 0 Å². The summed E-state index contributed by atoms with van der Waals surface area (Å²) < 4.78 is 2.21. The van der Waals surface area contributed by atoms with Gasteiger partial charge >= 0.3 is 0 Å². The van der Waals surface area contributed by atoms with Crippen LogP contribution < -0.4 is 5.32 Å². The molecule has 2 aromatic rings. The predicted octanol–water partition coefficient (Wildman–Crippen LogP) is 3.32. The molecule has 0 saturated carbocycles. The first kappa shape index (κ1) is 14.2. The van der Waals surface area contributed by atoms with Gasteiger partial charge in [0.05, 0.1) is 18.2 Å². The number of hydrogen-bond donors (Lipinski definition) is 1. The Kier molecular flexibility index (Phi) is 4.37. The van der Waals surface area contributed by atoms with Crippen LogP contribution in [0.2, 0.25) is 0 Å². The molecule has 0 bridgehead atoms. The van der Waals surface area contributed by atoms with E-state index in [-0.39, 0.29) is 6.04 Å². The van der Waals surface area contributed by atoms with Crippen LogP contribution in [0.4, 0.5) is 0 Å². The number of aromatic nitrogens is 3. The zero-order valence-corrected chi connectivity index (χ0v) is 13.0. The summed E-state index contributed by atoms with van der Waals surface area (Å²) in [5, 5.41) is 6.80. The summed E-state index contributed by atoms with van der Waals surface area (Å²) in [6, 6.07) is 0.906. The van der Waals surface area contributed by atoms with Crippen LogP contribution in [0.3, 0.4) is 0 Å². The Morgan fingerprint density at radius 3 is 2.53 bits per heavy atom. The number of aryl methyl sites for hydroxylation is 1. The fourth-order valence-corrected chi connectivity index (χ4v) is 2.96. The van der Waals surface area contributed by atoms with Gasteiger partial charge in [0.2, 0.25) is 0 Å². The molecule has 2 aromatic heterocycles. The molecular weight excluding hydrogens is 256 g/mol. The van der Waals surface area contributed by atoms with E-state index in [1.165, 1.54) is 5.69 Å². The number of rotatable bonds is 5. The maximum absolute atomic E-state index is 4.64. The number of imidazole rings is 1. The molecule has 0 spiro atoms. The van der Waals surface area contributed by atoms with E-state index in [0.29, 0.717) is 12.1 Å². The van der Waals surface area contributed by atoms with Crippen LogP contribution >= 0.6 is 11.3 Å². The molecule has 1 unspecified atom stereocenters. The fraction of sp³-hybridized carbons (Fsp3) is 0.571. The van der Waals surface area contributed by atoms with E-state index in [9.17, 15) is 0 Å². The molecular formula is C14H22N4S. The van der Waals surface area contributed by atoms with Crippen LogP contribution in [-0.2, 0) is 0 Å². The minimum absolute atomic E-state index is 0.114. The van der Waals surface area contributed by atoms with E-state index in [1.54, 1.807) is 11.3 Å². The predicted molar refractivity (Wildman–Crippen MR) is 79.6 cm³/mol. The van der Waals surface area contributed by atoms with Gasteiger partial charge in [-0.15, -0.1) is 11.3 Å². The molecule has 0 aliphatic rings. The van der Waals surface area contributed by atoms with Gasteiger partial charge in [0.15, 0.2) is 0 Å². The molecule has 104 valence electrons. The second-order valence-corrected chi connectivity index (χ2v) is 6.29. The van der Waals surface area contributed by atoms with E-state index in [4.69, 9.17) is 0 Å². The molecule has 0 amide bonds. The van der Waals surface area contributed by atoms with Gasteiger partial charge < -0.3 is 9.88 Å². The van der Waals surface area contributed by atoms with Crippen molar-refractivity contribution in [3.8, 4) is 0 Å². The average molecular weight is 278 g/mol. The molecule has 1 N–H and O–H groups in total. The van der Waals surface area contributed by atoms with Crippen LogP contribution in [0.1, 0.15) is 56.2 Å². The third-order valence-electron chi connectivity index (χ3n) is 2.93. The Morgan fingerprint density at radius 1 is 1.26 bits per heavy atom. The first-order valence-corrected chi connectivity index (χ1v) is 7.56. The third-order valence-corrected chi connectivity index (χ3v) is 3.96. The van der Waals surface area contributed by atoms with Gasteiger partial charge in [-0.3, -0.25) is 0 Å². The van der Waals surface area contributed by atoms with Crippen molar-refractivity contribution in [2.24, 2.45) is 0 Å². The van der Waals surface area contributed by atoms with Crippen molar-refractivity contribution >= 4 is 11.3 Å². The zero-order chi connectivity index (χ0) is 14.0. The highest BCUT2D eigenvalue weighted by Gasteiger charge is 2.22. The van der Waals surface area contributed by atoms with Gasteiger partial charge in [-0.2, -0.15) is 0 Å². The molecule has 19 heavy (non-hydrogen) atoms. The summed E-state index contributed by atoms with van der Waals surface area (Å²) in [7, 11) is 0. The van der Waals surface area contributed by atoms with Gasteiger partial charge in [0, 0.05) is 23.2 Å². The summed E-state index contributed by atoms with van der Waals surface area (Å²) in [6.07, 6.45) is 3.84. The summed E-state index contributed by atoms with van der Waals surface area (Å²) in [4.78, 5) is 8.94. The monoisotopic (exact) mass is 278 g/mol. The van der Waals surface area contributed by atoms with Crippen molar-refractivity contribution in [3.05, 3.63) is 34.3 Å². The van der Waals surface area contributed by atoms with E-state index in [1.807, 2.05) is 19.4 Å². The topological polar surface area (TPSA) is 42.7 Å². The smallest absolute Gasteiger partial charge is 0.116 e. The van der Waals surface area contributed by atoms with E-state index in [0.717, 1.165) is 10.7 Å². The lowest BCUT2D eigenvalue weighted by molar-refractivity contribution is 0.478. The maximum atomic E-state index is 4.64. The standard InChI is InChI=1S/C14H22N4S/c1-9(2)16-13(14-17-11(5)7-19-14)12-6-15-8-18(12)10(3)4/h6-10,13,16H,1-5H3. The van der Waals surface area contributed by atoms with Crippen LogP contribution in [0.5, 0.6) is 0 Å². The second-order valence-electron chi connectivity index (χ2n) is 5.40. The van der Waals surface area contributed by atoms with Gasteiger partial charge in [-0.05, 0) is 34.6 Å². The van der Waals surface area contributed by atoms with E-state index in [2.05, 4.69) is 52.9 Å². The van der Waals surface area contributed by atoms with Gasteiger partial charge in [0.25, 0.3) is 0 Å². The molecule has 0 radical (unpaired) electrons. The Labute approximate surface area is 118 Å². The third kappa shape index (κ3) is 3.22. The normalized spacial score (nSPS) is 13.4. The summed E-state index contributed by atoms with van der Waals surface area (Å²) >= 11 is 1.70. The molecule has 0 saturated heterocycles. The Hall–Kier alpha value is -1.20. The van der Waals surface area contributed by atoms with Crippen LogP contribution in [0.15, 0.2) is 17.9 Å². The fourth-order valence-electron chi connectivity index (χ4n) is 2.09. The second kappa shape index (κ2) is 5.84. The van der Waals surface area contributed by atoms with Crippen molar-refractivity contribution in [3.63, 3.8) is 0 Å². The number of hydrogen-bond acceptors (Lipinski definition) is 4. The Morgan fingerprint density at radius 2 is 2.00 bits per heavy atom.